The fourth-order valence-electron chi connectivity index (χ4n) is 11.2. The summed E-state index contributed by atoms with van der Waals surface area (Å²) in [5.41, 5.74) is 3.98. The van der Waals surface area contributed by atoms with Crippen molar-refractivity contribution in [3.63, 3.8) is 0 Å². The molecule has 0 N–H and O–H groups in total. The number of carbonyl (C=O) groups is 3. The summed E-state index contributed by atoms with van der Waals surface area (Å²) in [7, 11) is 0. The van der Waals surface area contributed by atoms with Crippen LogP contribution in [-0.2, 0) is 4.74 Å². The molecule has 4 nitrogen and oxygen atoms in total. The van der Waals surface area contributed by atoms with Gasteiger partial charge in [-0.3, -0.25) is 9.59 Å². The maximum atomic E-state index is 13.4. The second-order valence-electron chi connectivity index (χ2n) is 16.5. The lowest BCUT2D eigenvalue weighted by atomic mass is 9.47. The van der Waals surface area contributed by atoms with Gasteiger partial charge < -0.3 is 4.74 Å². The van der Waals surface area contributed by atoms with Crippen LogP contribution in [0.1, 0.15) is 147 Å². The van der Waals surface area contributed by atoms with Gasteiger partial charge >= 0.3 is 5.97 Å². The molecule has 0 aliphatic heterocycles. The minimum atomic E-state index is -0.405. The van der Waals surface area contributed by atoms with E-state index in [1.165, 1.54) is 56.9 Å². The van der Waals surface area contributed by atoms with Crippen LogP contribution in [0, 0.1) is 46.3 Å². The number of hydrogen-bond donors (Lipinski definition) is 0. The molecule has 46 heavy (non-hydrogen) atoms. The zero-order chi connectivity index (χ0) is 32.4. The number of rotatable bonds is 7. The minimum absolute atomic E-state index is 0.158. The molecule has 0 radical (unpaired) electrons. The molecule has 4 heteroatoms. The van der Waals surface area contributed by atoms with Crippen LogP contribution in [-0.4, -0.2) is 23.6 Å². The maximum absolute atomic E-state index is 13.4. The minimum Gasteiger partial charge on any atom is -0.458 e. The Morgan fingerprint density at radius 3 is 2.30 bits per heavy atom. The number of fused-ring (bicyclic) bond motifs is 7. The van der Waals surface area contributed by atoms with Gasteiger partial charge in [-0.15, -0.1) is 0 Å². The number of allylic oxidation sites excluding steroid dienone is 1. The van der Waals surface area contributed by atoms with Crippen molar-refractivity contribution in [1.29, 1.82) is 0 Å². The molecule has 244 valence electrons. The number of ether oxygens (including phenoxy) is 1. The SMILES string of the molecule is CC(C)CCCC(C)C1CCC2C3CC=C4CC(OC(=O)c5ccc6c(c5)C(=O)c5ccccc5C6=O)CCC4(C)C3CCC12C. The Kier molecular flexibility index (Phi) is 8.17. The molecular weight excluding hydrogens is 568 g/mol. The fourth-order valence-corrected chi connectivity index (χ4v) is 11.2. The topological polar surface area (TPSA) is 60.4 Å². The summed E-state index contributed by atoms with van der Waals surface area (Å²) < 4.78 is 6.13. The molecule has 7 rings (SSSR count). The highest BCUT2D eigenvalue weighted by Crippen LogP contribution is 2.67. The van der Waals surface area contributed by atoms with Crippen molar-refractivity contribution in [2.75, 3.05) is 0 Å². The number of benzene rings is 2. The Balaban J connectivity index is 1.02. The molecule has 0 saturated heterocycles. The first-order valence-electron chi connectivity index (χ1n) is 18.2. The normalized spacial score (nSPS) is 33.7. The van der Waals surface area contributed by atoms with Gasteiger partial charge in [-0.1, -0.05) is 89.8 Å². The van der Waals surface area contributed by atoms with Crippen molar-refractivity contribution in [1.82, 2.24) is 0 Å². The van der Waals surface area contributed by atoms with Crippen LogP contribution in [0.2, 0.25) is 0 Å². The van der Waals surface area contributed by atoms with E-state index in [0.717, 1.165) is 54.8 Å². The van der Waals surface area contributed by atoms with Crippen LogP contribution in [0.4, 0.5) is 0 Å². The molecule has 0 spiro atoms. The van der Waals surface area contributed by atoms with Crippen LogP contribution >= 0.6 is 0 Å². The van der Waals surface area contributed by atoms with Crippen LogP contribution in [0.25, 0.3) is 0 Å². The van der Waals surface area contributed by atoms with E-state index < -0.39 is 5.97 Å². The van der Waals surface area contributed by atoms with Crippen LogP contribution in [0.3, 0.4) is 0 Å². The van der Waals surface area contributed by atoms with Gasteiger partial charge in [0.2, 0.25) is 0 Å². The molecule has 2 aromatic carbocycles. The highest BCUT2D eigenvalue weighted by molar-refractivity contribution is 6.28. The summed E-state index contributed by atoms with van der Waals surface area (Å²) in [6, 6.07) is 11.7. The van der Waals surface area contributed by atoms with E-state index in [4.69, 9.17) is 4.74 Å². The summed E-state index contributed by atoms with van der Waals surface area (Å²) in [5, 5.41) is 0. The number of carbonyl (C=O) groups excluding carboxylic acids is 3. The third-order valence-electron chi connectivity index (χ3n) is 13.7. The molecule has 5 aliphatic rings. The van der Waals surface area contributed by atoms with Crippen molar-refractivity contribution in [2.24, 2.45) is 46.3 Å². The second kappa shape index (κ2) is 11.9. The predicted molar refractivity (Wildman–Crippen MR) is 182 cm³/mol. The number of ketones is 2. The van der Waals surface area contributed by atoms with Crippen molar-refractivity contribution >= 4 is 17.5 Å². The molecule has 8 unspecified atom stereocenters. The van der Waals surface area contributed by atoms with Gasteiger partial charge in [0.15, 0.2) is 11.6 Å². The summed E-state index contributed by atoms with van der Waals surface area (Å²) in [4.78, 5) is 39.6. The first kappa shape index (κ1) is 31.6. The summed E-state index contributed by atoms with van der Waals surface area (Å²) in [6.45, 7) is 12.4. The zero-order valence-electron chi connectivity index (χ0n) is 28.6. The van der Waals surface area contributed by atoms with Crippen molar-refractivity contribution in [3.05, 3.63) is 81.9 Å². The zero-order valence-corrected chi connectivity index (χ0v) is 28.6. The second-order valence-corrected chi connectivity index (χ2v) is 16.5. The van der Waals surface area contributed by atoms with Crippen LogP contribution in [0.15, 0.2) is 54.1 Å². The Labute approximate surface area is 275 Å². The molecule has 3 saturated carbocycles. The molecule has 0 heterocycles. The average molecular weight is 621 g/mol. The molecule has 0 amide bonds. The maximum Gasteiger partial charge on any atom is 0.338 e. The van der Waals surface area contributed by atoms with E-state index in [-0.39, 0.29) is 23.1 Å². The van der Waals surface area contributed by atoms with Crippen molar-refractivity contribution in [2.45, 2.75) is 111 Å². The summed E-state index contributed by atoms with van der Waals surface area (Å²) in [6.07, 6.45) is 15.9. The van der Waals surface area contributed by atoms with E-state index in [1.54, 1.807) is 42.5 Å². The predicted octanol–water partition coefficient (Wildman–Crippen LogP) is 10.0. The molecule has 0 bridgehead atoms. The Bertz CT molecular complexity index is 1580. The Morgan fingerprint density at radius 1 is 0.848 bits per heavy atom. The molecular formula is C42H52O4. The van der Waals surface area contributed by atoms with Crippen LogP contribution < -0.4 is 0 Å². The Hall–Kier alpha value is -3.01. The standard InChI is InChI=1S/C42H52O4/c1-25(2)9-8-10-26(3)35-17-18-36-33-16-14-28-24-29(19-21-41(28,4)37(33)20-22-42(35,36)5)46-40(45)27-13-15-32-34(23-27)39(44)31-12-7-6-11-30(31)38(32)43/h6-7,11-15,23,25-26,29,33,35-37H,8-10,16-22,24H2,1-5H3. The number of hydrogen-bond acceptors (Lipinski definition) is 4. The lowest BCUT2D eigenvalue weighted by molar-refractivity contribution is -0.0594. The average Bonchev–Trinajstić information content (AvgIpc) is 3.40. The third-order valence-corrected chi connectivity index (χ3v) is 13.7. The summed E-state index contributed by atoms with van der Waals surface area (Å²) in [5.74, 6) is 4.04. The number of esters is 1. The van der Waals surface area contributed by atoms with Crippen molar-refractivity contribution < 1.29 is 19.1 Å². The highest BCUT2D eigenvalue weighted by Gasteiger charge is 2.59. The van der Waals surface area contributed by atoms with Gasteiger partial charge in [-0.05, 0) is 109 Å². The highest BCUT2D eigenvalue weighted by atomic mass is 16.5. The molecule has 2 aromatic rings. The largest absolute Gasteiger partial charge is 0.458 e. The van der Waals surface area contributed by atoms with E-state index >= 15 is 0 Å². The van der Waals surface area contributed by atoms with Crippen LogP contribution in [0.5, 0.6) is 0 Å². The smallest absolute Gasteiger partial charge is 0.338 e. The quantitative estimate of drug-likeness (QED) is 0.195. The van der Waals surface area contributed by atoms with E-state index in [0.29, 0.717) is 33.2 Å². The monoisotopic (exact) mass is 620 g/mol. The molecule has 8 atom stereocenters. The van der Waals surface area contributed by atoms with Gasteiger partial charge in [0.05, 0.1) is 5.56 Å². The molecule has 5 aliphatic carbocycles. The molecule has 0 aromatic heterocycles. The van der Waals surface area contributed by atoms with Crippen molar-refractivity contribution in [3.8, 4) is 0 Å². The lowest BCUT2D eigenvalue weighted by Gasteiger charge is -2.58. The fraction of sp³-hybridized carbons (Fsp3) is 0.595. The Morgan fingerprint density at radius 2 is 1.57 bits per heavy atom. The summed E-state index contributed by atoms with van der Waals surface area (Å²) >= 11 is 0. The molecule has 3 fully saturated rings. The van der Waals surface area contributed by atoms with E-state index in [2.05, 4.69) is 40.7 Å². The van der Waals surface area contributed by atoms with Gasteiger partial charge in [-0.25, -0.2) is 4.79 Å². The van der Waals surface area contributed by atoms with E-state index in [1.807, 2.05) is 0 Å². The first-order valence-corrected chi connectivity index (χ1v) is 18.2. The lowest BCUT2D eigenvalue weighted by Crippen LogP contribution is -2.51. The van der Waals surface area contributed by atoms with Gasteiger partial charge in [0.25, 0.3) is 0 Å². The van der Waals surface area contributed by atoms with E-state index in [9.17, 15) is 14.4 Å². The van der Waals surface area contributed by atoms with Gasteiger partial charge in [-0.2, -0.15) is 0 Å². The third kappa shape index (κ3) is 5.13. The van der Waals surface area contributed by atoms with Gasteiger partial charge in [0, 0.05) is 28.7 Å². The van der Waals surface area contributed by atoms with Gasteiger partial charge in [0.1, 0.15) is 6.10 Å². The first-order chi connectivity index (χ1) is 22.0.